The average molecular weight is 244 g/mol. The van der Waals surface area contributed by atoms with Crippen LogP contribution in [0.1, 0.15) is 22.6 Å². The molecule has 0 aliphatic carbocycles. The Balaban J connectivity index is 2.31. The molecule has 0 aliphatic rings. The molecule has 1 aromatic heterocycles. The number of aryl methyl sites for hydroxylation is 2. The smallest absolute Gasteiger partial charge is 0.254 e. The van der Waals surface area contributed by atoms with Gasteiger partial charge >= 0.3 is 0 Å². The fourth-order valence-corrected chi connectivity index (χ4v) is 1.89. The average Bonchev–Trinajstić information content (AvgIpc) is 2.34. The third-order valence-electron chi connectivity index (χ3n) is 2.87. The maximum Gasteiger partial charge on any atom is 0.254 e. The van der Waals surface area contributed by atoms with Gasteiger partial charge in [-0.3, -0.25) is 9.36 Å². The van der Waals surface area contributed by atoms with E-state index in [9.17, 15) is 4.79 Å². The van der Waals surface area contributed by atoms with Crippen LogP contribution in [0.5, 0.6) is 0 Å². The van der Waals surface area contributed by atoms with E-state index in [2.05, 4.69) is 4.98 Å². The van der Waals surface area contributed by atoms with E-state index < -0.39 is 0 Å². The zero-order valence-corrected chi connectivity index (χ0v) is 10.6. The Morgan fingerprint density at radius 3 is 2.33 bits per heavy atom. The summed E-state index contributed by atoms with van der Waals surface area (Å²) in [5.74, 6) is 0.714. The summed E-state index contributed by atoms with van der Waals surface area (Å²) in [6.07, 6.45) is 0. The highest BCUT2D eigenvalue weighted by Crippen LogP contribution is 2.06. The van der Waals surface area contributed by atoms with Crippen LogP contribution in [0.3, 0.4) is 0 Å². The lowest BCUT2D eigenvalue weighted by Crippen LogP contribution is -2.24. The Morgan fingerprint density at radius 2 is 1.78 bits per heavy atom. The Kier molecular flexibility index (Phi) is 3.58. The largest absolute Gasteiger partial charge is 0.392 e. The van der Waals surface area contributed by atoms with E-state index in [1.54, 1.807) is 4.57 Å². The number of benzene rings is 1. The van der Waals surface area contributed by atoms with E-state index in [-0.39, 0.29) is 12.2 Å². The van der Waals surface area contributed by atoms with Gasteiger partial charge in [0.15, 0.2) is 0 Å². The van der Waals surface area contributed by atoms with Crippen molar-refractivity contribution in [3.8, 4) is 0 Å². The number of aliphatic hydroxyl groups is 1. The summed E-state index contributed by atoms with van der Waals surface area (Å²) in [7, 11) is 0. The van der Waals surface area contributed by atoms with Crippen molar-refractivity contribution < 1.29 is 5.11 Å². The van der Waals surface area contributed by atoms with Crippen LogP contribution in [0.15, 0.2) is 35.1 Å². The fourth-order valence-electron chi connectivity index (χ4n) is 1.89. The molecule has 0 saturated carbocycles. The van der Waals surface area contributed by atoms with Gasteiger partial charge in [-0.05, 0) is 25.0 Å². The van der Waals surface area contributed by atoms with E-state index in [0.29, 0.717) is 12.4 Å². The molecule has 0 saturated heterocycles. The van der Waals surface area contributed by atoms with Gasteiger partial charge in [0, 0.05) is 11.8 Å². The predicted octanol–water partition coefficient (Wildman–Crippen LogP) is 1.40. The number of rotatable bonds is 3. The van der Waals surface area contributed by atoms with Gasteiger partial charge in [0.2, 0.25) is 0 Å². The second-order valence-corrected chi connectivity index (χ2v) is 4.34. The van der Waals surface area contributed by atoms with Crippen molar-refractivity contribution >= 4 is 0 Å². The molecule has 4 nitrogen and oxygen atoms in total. The lowest BCUT2D eigenvalue weighted by atomic mass is 10.1. The molecule has 1 aromatic carbocycles. The van der Waals surface area contributed by atoms with Crippen LogP contribution in [0.25, 0.3) is 0 Å². The molecular formula is C14H16N2O2. The van der Waals surface area contributed by atoms with Crippen molar-refractivity contribution in [2.24, 2.45) is 0 Å². The second kappa shape index (κ2) is 5.14. The highest BCUT2D eigenvalue weighted by molar-refractivity contribution is 5.22. The van der Waals surface area contributed by atoms with Crippen LogP contribution in [0.4, 0.5) is 0 Å². The van der Waals surface area contributed by atoms with Crippen molar-refractivity contribution in [1.82, 2.24) is 9.55 Å². The minimum Gasteiger partial charge on any atom is -0.392 e. The quantitative estimate of drug-likeness (QED) is 0.888. The lowest BCUT2D eigenvalue weighted by molar-refractivity contribution is 0.282. The van der Waals surface area contributed by atoms with Crippen LogP contribution < -0.4 is 5.56 Å². The molecule has 18 heavy (non-hydrogen) atoms. The van der Waals surface area contributed by atoms with Crippen LogP contribution in [0, 0.1) is 13.8 Å². The van der Waals surface area contributed by atoms with Gasteiger partial charge in [0.05, 0.1) is 13.2 Å². The lowest BCUT2D eigenvalue weighted by Gasteiger charge is -2.10. The minimum absolute atomic E-state index is 0.0331. The molecule has 0 radical (unpaired) electrons. The fraction of sp³-hybridized carbons (Fsp3) is 0.286. The second-order valence-electron chi connectivity index (χ2n) is 4.34. The summed E-state index contributed by atoms with van der Waals surface area (Å²) in [5, 5.41) is 8.97. The van der Waals surface area contributed by atoms with Crippen molar-refractivity contribution in [2.45, 2.75) is 27.0 Å². The van der Waals surface area contributed by atoms with Gasteiger partial charge in [0.1, 0.15) is 5.82 Å². The van der Waals surface area contributed by atoms with Crippen molar-refractivity contribution in [3.05, 3.63) is 63.3 Å². The van der Waals surface area contributed by atoms with Gasteiger partial charge in [-0.15, -0.1) is 0 Å². The molecule has 94 valence electrons. The molecule has 0 fully saturated rings. The normalized spacial score (nSPS) is 10.6. The first kappa shape index (κ1) is 12.5. The van der Waals surface area contributed by atoms with Gasteiger partial charge in [-0.2, -0.15) is 0 Å². The first-order valence-corrected chi connectivity index (χ1v) is 5.84. The van der Waals surface area contributed by atoms with Gasteiger partial charge < -0.3 is 5.11 Å². The zero-order valence-electron chi connectivity index (χ0n) is 10.6. The van der Waals surface area contributed by atoms with E-state index in [0.717, 1.165) is 16.8 Å². The van der Waals surface area contributed by atoms with E-state index in [1.165, 1.54) is 6.07 Å². The molecule has 0 atom stereocenters. The first-order valence-electron chi connectivity index (χ1n) is 5.84. The maximum atomic E-state index is 11.9. The summed E-state index contributed by atoms with van der Waals surface area (Å²) >= 11 is 0. The summed E-state index contributed by atoms with van der Waals surface area (Å²) in [5.41, 5.74) is 2.59. The van der Waals surface area contributed by atoms with Crippen LogP contribution >= 0.6 is 0 Å². The summed E-state index contributed by atoms with van der Waals surface area (Å²) in [6, 6.07) is 9.08. The van der Waals surface area contributed by atoms with E-state index in [1.807, 2.05) is 38.1 Å². The molecule has 2 rings (SSSR count). The number of nitrogens with zero attached hydrogens (tertiary/aromatic N) is 2. The summed E-state index contributed by atoms with van der Waals surface area (Å²) < 4.78 is 1.64. The predicted molar refractivity (Wildman–Crippen MR) is 69.4 cm³/mol. The highest BCUT2D eigenvalue weighted by Gasteiger charge is 2.03. The zero-order chi connectivity index (χ0) is 13.1. The van der Waals surface area contributed by atoms with E-state index >= 15 is 0 Å². The SMILES string of the molecule is Cc1cc(=O)n(Cc2ccc(CO)cc2)c(C)n1. The summed E-state index contributed by atoms with van der Waals surface area (Å²) in [4.78, 5) is 16.2. The van der Waals surface area contributed by atoms with Crippen molar-refractivity contribution in [1.29, 1.82) is 0 Å². The molecule has 0 amide bonds. The monoisotopic (exact) mass is 244 g/mol. The number of aliphatic hydroxyl groups excluding tert-OH is 1. The third kappa shape index (κ3) is 2.65. The molecule has 0 aliphatic heterocycles. The molecule has 2 aromatic rings. The molecule has 0 bridgehead atoms. The van der Waals surface area contributed by atoms with Gasteiger partial charge in [-0.25, -0.2) is 4.98 Å². The number of aromatic nitrogens is 2. The Morgan fingerprint density at radius 1 is 1.17 bits per heavy atom. The molecule has 4 heteroatoms. The standard InChI is InChI=1S/C14H16N2O2/c1-10-7-14(18)16(11(2)15-10)8-12-3-5-13(9-17)6-4-12/h3-7,17H,8-9H2,1-2H3. The first-order chi connectivity index (χ1) is 8.60. The van der Waals surface area contributed by atoms with Crippen molar-refractivity contribution in [2.75, 3.05) is 0 Å². The Bertz CT molecular complexity index is 600. The molecule has 0 unspecified atom stereocenters. The minimum atomic E-state index is -0.0359. The Labute approximate surface area is 106 Å². The third-order valence-corrected chi connectivity index (χ3v) is 2.87. The highest BCUT2D eigenvalue weighted by atomic mass is 16.3. The van der Waals surface area contributed by atoms with Gasteiger partial charge in [0.25, 0.3) is 5.56 Å². The van der Waals surface area contributed by atoms with Gasteiger partial charge in [-0.1, -0.05) is 24.3 Å². The van der Waals surface area contributed by atoms with Crippen molar-refractivity contribution in [3.63, 3.8) is 0 Å². The maximum absolute atomic E-state index is 11.9. The number of hydrogen-bond acceptors (Lipinski definition) is 3. The van der Waals surface area contributed by atoms with Crippen LogP contribution in [0.2, 0.25) is 0 Å². The molecule has 1 N–H and O–H groups in total. The topological polar surface area (TPSA) is 55.1 Å². The summed E-state index contributed by atoms with van der Waals surface area (Å²) in [6.45, 7) is 4.18. The molecular weight excluding hydrogens is 228 g/mol. The van der Waals surface area contributed by atoms with Crippen LogP contribution in [-0.4, -0.2) is 14.7 Å². The Hall–Kier alpha value is -1.94. The molecule has 0 spiro atoms. The molecule has 1 heterocycles. The van der Waals surface area contributed by atoms with E-state index in [4.69, 9.17) is 5.11 Å². The number of hydrogen-bond donors (Lipinski definition) is 1. The van der Waals surface area contributed by atoms with Crippen LogP contribution in [-0.2, 0) is 13.2 Å².